The molecule has 2 heterocycles. The summed E-state index contributed by atoms with van der Waals surface area (Å²) in [5.74, 6) is 0.989. The van der Waals surface area contributed by atoms with E-state index in [-0.39, 0.29) is 0 Å². The molecule has 1 atom stereocenters. The Morgan fingerprint density at radius 3 is 2.84 bits per heavy atom. The van der Waals surface area contributed by atoms with Gasteiger partial charge in [0.2, 0.25) is 5.95 Å². The molecule has 0 radical (unpaired) electrons. The first-order valence-electron chi connectivity index (χ1n) is 6.51. The molecule has 2 aromatic heterocycles. The maximum Gasteiger partial charge on any atom is 0.204 e. The number of hydrogen-bond donors (Lipinski definition) is 1. The number of hydrogen-bond acceptors (Lipinski definition) is 4. The Kier molecular flexibility index (Phi) is 4.61. The average molecular weight is 278 g/mol. The zero-order valence-electron chi connectivity index (χ0n) is 12.1. The molecule has 0 saturated carbocycles. The van der Waals surface area contributed by atoms with Crippen LogP contribution in [0.25, 0.3) is 0 Å². The van der Waals surface area contributed by atoms with E-state index >= 15 is 0 Å². The fraction of sp³-hybridized carbons (Fsp3) is 0.500. The van der Waals surface area contributed by atoms with Crippen molar-refractivity contribution in [3.05, 3.63) is 34.3 Å². The fourth-order valence-electron chi connectivity index (χ4n) is 2.10. The van der Waals surface area contributed by atoms with Gasteiger partial charge in [-0.3, -0.25) is 0 Å². The molecule has 104 valence electrons. The van der Waals surface area contributed by atoms with E-state index in [9.17, 15) is 0 Å². The normalized spacial score (nSPS) is 12.6. The van der Waals surface area contributed by atoms with E-state index in [1.54, 1.807) is 0 Å². The Hall–Kier alpha value is -1.33. The number of nitrogens with one attached hydrogen (secondary N) is 1. The highest BCUT2D eigenvalue weighted by Gasteiger charge is 2.09. The van der Waals surface area contributed by atoms with E-state index < -0.39 is 0 Å². The number of thiophene rings is 1. The lowest BCUT2D eigenvalue weighted by Crippen LogP contribution is -2.28. The van der Waals surface area contributed by atoms with Crippen molar-refractivity contribution in [3.8, 4) is 0 Å². The van der Waals surface area contributed by atoms with Crippen molar-refractivity contribution in [1.29, 1.82) is 0 Å². The highest BCUT2D eigenvalue weighted by Crippen LogP contribution is 2.13. The van der Waals surface area contributed by atoms with Crippen LogP contribution in [-0.4, -0.2) is 29.7 Å². The zero-order valence-corrected chi connectivity index (χ0v) is 12.9. The first-order valence-corrected chi connectivity index (χ1v) is 7.39. The summed E-state index contributed by atoms with van der Waals surface area (Å²) < 4.78 is 2.13. The van der Waals surface area contributed by atoms with Gasteiger partial charge in [-0.15, -0.1) is 11.3 Å². The standard InChI is InChI=1S/C14H22N4S/c1-11(8-13-6-5-7-19-13)15-9-12-10-16-14(17(2)3)18(12)4/h5-7,10-11,15H,8-9H2,1-4H3. The molecule has 19 heavy (non-hydrogen) atoms. The van der Waals surface area contributed by atoms with Gasteiger partial charge >= 0.3 is 0 Å². The third kappa shape index (κ3) is 3.58. The van der Waals surface area contributed by atoms with Gasteiger partial charge in [0.25, 0.3) is 0 Å². The summed E-state index contributed by atoms with van der Waals surface area (Å²) in [4.78, 5) is 7.88. The molecule has 2 aromatic rings. The maximum absolute atomic E-state index is 4.42. The molecule has 0 amide bonds. The van der Waals surface area contributed by atoms with Gasteiger partial charge < -0.3 is 14.8 Å². The lowest BCUT2D eigenvalue weighted by atomic mass is 10.2. The monoisotopic (exact) mass is 278 g/mol. The zero-order chi connectivity index (χ0) is 13.8. The Morgan fingerprint density at radius 1 is 1.47 bits per heavy atom. The lowest BCUT2D eigenvalue weighted by Gasteiger charge is -2.15. The first-order chi connectivity index (χ1) is 9.08. The summed E-state index contributed by atoms with van der Waals surface area (Å²) in [5, 5.41) is 5.69. The quantitative estimate of drug-likeness (QED) is 0.880. The molecular formula is C14H22N4S. The highest BCUT2D eigenvalue weighted by molar-refractivity contribution is 7.09. The van der Waals surface area contributed by atoms with E-state index in [1.165, 1.54) is 10.6 Å². The van der Waals surface area contributed by atoms with Crippen molar-refractivity contribution in [2.75, 3.05) is 19.0 Å². The van der Waals surface area contributed by atoms with E-state index in [4.69, 9.17) is 0 Å². The Balaban J connectivity index is 1.88. The number of aromatic nitrogens is 2. The van der Waals surface area contributed by atoms with Crippen molar-refractivity contribution in [2.24, 2.45) is 7.05 Å². The van der Waals surface area contributed by atoms with Gasteiger partial charge in [0, 0.05) is 38.6 Å². The summed E-state index contributed by atoms with van der Waals surface area (Å²) in [6, 6.07) is 4.77. The molecule has 0 bridgehead atoms. The van der Waals surface area contributed by atoms with Gasteiger partial charge in [-0.1, -0.05) is 6.07 Å². The molecule has 2 rings (SSSR count). The van der Waals surface area contributed by atoms with Crippen molar-refractivity contribution in [2.45, 2.75) is 25.9 Å². The largest absolute Gasteiger partial charge is 0.348 e. The maximum atomic E-state index is 4.42. The number of anilines is 1. The van der Waals surface area contributed by atoms with Crippen molar-refractivity contribution >= 4 is 17.3 Å². The van der Waals surface area contributed by atoms with E-state index in [2.05, 4.69) is 46.4 Å². The molecule has 1 N–H and O–H groups in total. The summed E-state index contributed by atoms with van der Waals surface area (Å²) >= 11 is 1.82. The predicted molar refractivity (Wildman–Crippen MR) is 81.9 cm³/mol. The fourth-order valence-corrected chi connectivity index (χ4v) is 2.93. The van der Waals surface area contributed by atoms with Crippen LogP contribution in [0.4, 0.5) is 5.95 Å². The molecule has 0 aliphatic rings. The van der Waals surface area contributed by atoms with E-state index in [1.807, 2.05) is 36.5 Å². The second kappa shape index (κ2) is 6.21. The third-order valence-electron chi connectivity index (χ3n) is 3.18. The highest BCUT2D eigenvalue weighted by atomic mass is 32.1. The second-order valence-electron chi connectivity index (χ2n) is 5.07. The van der Waals surface area contributed by atoms with E-state index in [0.717, 1.165) is 18.9 Å². The molecule has 5 heteroatoms. The van der Waals surface area contributed by atoms with Gasteiger partial charge in [-0.25, -0.2) is 4.98 Å². The average Bonchev–Trinajstić information content (AvgIpc) is 2.96. The Bertz CT molecular complexity index is 502. The van der Waals surface area contributed by atoms with Gasteiger partial charge in [-0.05, 0) is 24.8 Å². The van der Waals surface area contributed by atoms with E-state index in [0.29, 0.717) is 6.04 Å². The summed E-state index contributed by atoms with van der Waals surface area (Å²) in [6.07, 6.45) is 3.02. The van der Waals surface area contributed by atoms with Crippen LogP contribution in [0.5, 0.6) is 0 Å². The number of rotatable bonds is 6. The van der Waals surface area contributed by atoms with Crippen LogP contribution in [0, 0.1) is 0 Å². The summed E-state index contributed by atoms with van der Waals surface area (Å²) in [6.45, 7) is 3.08. The van der Waals surface area contributed by atoms with Gasteiger partial charge in [0.1, 0.15) is 0 Å². The molecular weight excluding hydrogens is 256 g/mol. The van der Waals surface area contributed by atoms with Gasteiger partial charge in [0.15, 0.2) is 0 Å². The molecule has 0 aromatic carbocycles. The topological polar surface area (TPSA) is 33.1 Å². The summed E-state index contributed by atoms with van der Waals surface area (Å²) in [7, 11) is 6.08. The minimum Gasteiger partial charge on any atom is -0.348 e. The van der Waals surface area contributed by atoms with Crippen LogP contribution < -0.4 is 10.2 Å². The predicted octanol–water partition coefficient (Wildman–Crippen LogP) is 2.27. The van der Waals surface area contributed by atoms with Crippen molar-refractivity contribution < 1.29 is 0 Å². The van der Waals surface area contributed by atoms with Crippen LogP contribution in [-0.2, 0) is 20.0 Å². The summed E-state index contributed by atoms with van der Waals surface area (Å²) in [5.41, 5.74) is 1.21. The van der Waals surface area contributed by atoms with Crippen LogP contribution in [0.3, 0.4) is 0 Å². The van der Waals surface area contributed by atoms with Crippen molar-refractivity contribution in [3.63, 3.8) is 0 Å². The molecule has 0 saturated heterocycles. The molecule has 0 aliphatic heterocycles. The van der Waals surface area contributed by atoms with Crippen LogP contribution in [0.1, 0.15) is 17.5 Å². The second-order valence-corrected chi connectivity index (χ2v) is 6.10. The number of imidazole rings is 1. The van der Waals surface area contributed by atoms with Crippen LogP contribution in [0.15, 0.2) is 23.7 Å². The van der Waals surface area contributed by atoms with Crippen molar-refractivity contribution in [1.82, 2.24) is 14.9 Å². The van der Waals surface area contributed by atoms with Gasteiger partial charge in [0.05, 0.1) is 11.9 Å². The molecule has 4 nitrogen and oxygen atoms in total. The smallest absolute Gasteiger partial charge is 0.204 e. The van der Waals surface area contributed by atoms with Crippen LogP contribution >= 0.6 is 11.3 Å². The lowest BCUT2D eigenvalue weighted by molar-refractivity contribution is 0.535. The Morgan fingerprint density at radius 2 is 2.26 bits per heavy atom. The first kappa shape index (κ1) is 14.1. The minimum atomic E-state index is 0.469. The SMILES string of the molecule is CC(Cc1cccs1)NCc1cnc(N(C)C)n1C. The minimum absolute atomic E-state index is 0.469. The molecule has 0 aliphatic carbocycles. The molecule has 0 spiro atoms. The Labute approximate surface area is 119 Å². The molecule has 1 unspecified atom stereocenters. The van der Waals surface area contributed by atoms with Crippen LogP contribution in [0.2, 0.25) is 0 Å². The number of nitrogens with zero attached hydrogens (tertiary/aromatic N) is 3. The third-order valence-corrected chi connectivity index (χ3v) is 4.08. The van der Waals surface area contributed by atoms with Gasteiger partial charge in [-0.2, -0.15) is 0 Å². The molecule has 0 fully saturated rings.